The second-order valence-electron chi connectivity index (χ2n) is 9.83. The van der Waals surface area contributed by atoms with Crippen LogP contribution in [0.1, 0.15) is 69.9 Å². The van der Waals surface area contributed by atoms with E-state index in [0.717, 1.165) is 48.1 Å². The van der Waals surface area contributed by atoms with Crippen LogP contribution in [0.4, 0.5) is 0 Å². The fourth-order valence-electron chi connectivity index (χ4n) is 6.33. The molecule has 1 saturated heterocycles. The Balaban J connectivity index is 1.84. The Hall–Kier alpha value is -2.56. The molecule has 1 aromatic carbocycles. The molecule has 0 radical (unpaired) electrons. The molecule has 5 nitrogen and oxygen atoms in total. The Morgan fingerprint density at radius 2 is 2.06 bits per heavy atom. The van der Waals surface area contributed by atoms with Crippen LogP contribution >= 0.6 is 0 Å². The number of carbonyl (C=O) groups excluding carboxylic acids is 2. The third-order valence-electron chi connectivity index (χ3n) is 7.79. The van der Waals surface area contributed by atoms with Gasteiger partial charge in [-0.25, -0.2) is 4.79 Å². The van der Waals surface area contributed by atoms with E-state index in [4.69, 9.17) is 9.47 Å². The Morgan fingerprint density at radius 3 is 2.78 bits per heavy atom. The third kappa shape index (κ3) is 3.56. The Kier molecular flexibility index (Phi) is 5.95. The summed E-state index contributed by atoms with van der Waals surface area (Å²) in [5, 5.41) is 3.63. The molecule has 32 heavy (non-hydrogen) atoms. The molecule has 3 aliphatic rings. The summed E-state index contributed by atoms with van der Waals surface area (Å²) in [6.45, 7) is 8.49. The molecule has 2 fully saturated rings. The molecule has 2 aliphatic carbocycles. The summed E-state index contributed by atoms with van der Waals surface area (Å²) in [5.41, 5.74) is 3.07. The van der Waals surface area contributed by atoms with E-state index in [2.05, 4.69) is 38.2 Å². The molecule has 1 saturated carbocycles. The van der Waals surface area contributed by atoms with Gasteiger partial charge in [0, 0.05) is 41.1 Å². The van der Waals surface area contributed by atoms with Crippen molar-refractivity contribution in [3.63, 3.8) is 0 Å². The standard InChI is InChI=1S/C27H35NO4/c1-6-32-25(30)15-23-27(22-9-7-8-12-26(22,4)28-23)16-18(3)19(14-24(27)29)20-13-17(2)10-11-21(20)31-5/h10-11,13,15-16,19,22,28H,6-9,12,14H2,1-5H3/b23-15-. The van der Waals surface area contributed by atoms with Crippen LogP contribution in [0.25, 0.3) is 0 Å². The molecule has 1 spiro atoms. The topological polar surface area (TPSA) is 64.6 Å². The number of aryl methyl sites for hydroxylation is 1. The zero-order valence-electron chi connectivity index (χ0n) is 19.9. The molecule has 1 heterocycles. The van der Waals surface area contributed by atoms with E-state index < -0.39 is 11.4 Å². The quantitative estimate of drug-likeness (QED) is 0.408. The maximum atomic E-state index is 14.1. The lowest BCUT2D eigenvalue weighted by Gasteiger charge is -2.43. The van der Waals surface area contributed by atoms with Crippen LogP contribution in [-0.4, -0.2) is 31.0 Å². The van der Waals surface area contributed by atoms with E-state index in [1.165, 1.54) is 6.08 Å². The zero-order chi connectivity index (χ0) is 23.1. The highest BCUT2D eigenvalue weighted by Gasteiger charge is 2.62. The summed E-state index contributed by atoms with van der Waals surface area (Å²) in [4.78, 5) is 26.5. The average molecular weight is 438 g/mol. The minimum absolute atomic E-state index is 0.0257. The van der Waals surface area contributed by atoms with Crippen molar-refractivity contribution in [2.75, 3.05) is 13.7 Å². The molecule has 1 aliphatic heterocycles. The lowest BCUT2D eigenvalue weighted by atomic mass is 9.57. The van der Waals surface area contributed by atoms with Crippen molar-refractivity contribution >= 4 is 11.8 Å². The number of rotatable bonds is 4. The van der Waals surface area contributed by atoms with E-state index in [0.29, 0.717) is 18.7 Å². The van der Waals surface area contributed by atoms with E-state index in [1.807, 2.05) is 12.1 Å². The van der Waals surface area contributed by atoms with E-state index in [1.54, 1.807) is 14.0 Å². The van der Waals surface area contributed by atoms with Crippen LogP contribution in [0.5, 0.6) is 5.75 Å². The first-order valence-corrected chi connectivity index (χ1v) is 11.8. The number of hydrogen-bond acceptors (Lipinski definition) is 5. The molecule has 1 aromatic rings. The number of benzene rings is 1. The van der Waals surface area contributed by atoms with Crippen LogP contribution in [-0.2, 0) is 14.3 Å². The first-order chi connectivity index (χ1) is 15.2. The number of esters is 1. The minimum atomic E-state index is -0.792. The fraction of sp³-hybridized carbons (Fsp3) is 0.556. The van der Waals surface area contributed by atoms with Crippen LogP contribution in [0, 0.1) is 18.3 Å². The van der Waals surface area contributed by atoms with Gasteiger partial charge >= 0.3 is 5.97 Å². The normalized spacial score (nSPS) is 33.0. The Morgan fingerprint density at radius 1 is 1.28 bits per heavy atom. The van der Waals surface area contributed by atoms with Crippen LogP contribution in [0.3, 0.4) is 0 Å². The van der Waals surface area contributed by atoms with Crippen LogP contribution in [0.15, 0.2) is 41.6 Å². The lowest BCUT2D eigenvalue weighted by molar-refractivity contribution is -0.137. The molecule has 0 aromatic heterocycles. The maximum absolute atomic E-state index is 14.1. The van der Waals surface area contributed by atoms with Gasteiger partial charge in [-0.05, 0) is 46.6 Å². The van der Waals surface area contributed by atoms with Gasteiger partial charge in [0.2, 0.25) is 0 Å². The summed E-state index contributed by atoms with van der Waals surface area (Å²) in [5.74, 6) is 0.703. The summed E-state index contributed by atoms with van der Waals surface area (Å²) < 4.78 is 10.8. The third-order valence-corrected chi connectivity index (χ3v) is 7.79. The molecule has 5 heteroatoms. The second-order valence-corrected chi connectivity index (χ2v) is 9.83. The number of nitrogens with one attached hydrogen (secondary N) is 1. The second kappa shape index (κ2) is 8.42. The van der Waals surface area contributed by atoms with Gasteiger partial charge < -0.3 is 14.8 Å². The lowest BCUT2D eigenvalue weighted by Crippen LogP contribution is -2.48. The van der Waals surface area contributed by atoms with Crippen molar-refractivity contribution in [3.05, 3.63) is 52.7 Å². The van der Waals surface area contributed by atoms with Gasteiger partial charge in [-0.2, -0.15) is 0 Å². The first kappa shape index (κ1) is 22.6. The molecular weight excluding hydrogens is 402 g/mol. The summed E-state index contributed by atoms with van der Waals surface area (Å²) in [6, 6.07) is 6.13. The van der Waals surface area contributed by atoms with Gasteiger partial charge in [0.25, 0.3) is 0 Å². The van der Waals surface area contributed by atoms with Gasteiger partial charge in [0.15, 0.2) is 0 Å². The molecule has 1 N–H and O–H groups in total. The maximum Gasteiger partial charge on any atom is 0.332 e. The number of Topliss-reactive ketones (excluding diaryl/α,β-unsaturated/α-hetero) is 1. The van der Waals surface area contributed by atoms with Crippen LogP contribution < -0.4 is 10.1 Å². The highest BCUT2D eigenvalue weighted by atomic mass is 16.5. The fourth-order valence-corrected chi connectivity index (χ4v) is 6.33. The number of fused-ring (bicyclic) bond motifs is 2. The predicted octanol–water partition coefficient (Wildman–Crippen LogP) is 4.99. The minimum Gasteiger partial charge on any atom is -0.496 e. The number of carbonyl (C=O) groups is 2. The summed E-state index contributed by atoms with van der Waals surface area (Å²) in [6.07, 6.45) is 8.28. The SMILES string of the molecule is CCOC(=O)/C=C1\NC2(C)CCCCC2C12C=C(C)C(c1cc(C)ccc1OC)CC2=O. The van der Waals surface area contributed by atoms with Gasteiger partial charge in [-0.3, -0.25) is 4.79 Å². The molecule has 0 amide bonds. The smallest absolute Gasteiger partial charge is 0.332 e. The number of ketones is 1. The predicted molar refractivity (Wildman–Crippen MR) is 125 cm³/mol. The van der Waals surface area contributed by atoms with Crippen molar-refractivity contribution in [3.8, 4) is 5.75 Å². The first-order valence-electron chi connectivity index (χ1n) is 11.8. The highest BCUT2D eigenvalue weighted by molar-refractivity contribution is 5.96. The van der Waals surface area contributed by atoms with Crippen molar-refractivity contribution < 1.29 is 19.1 Å². The van der Waals surface area contributed by atoms with E-state index in [9.17, 15) is 9.59 Å². The molecule has 4 unspecified atom stereocenters. The molecule has 4 rings (SSSR count). The Bertz CT molecular complexity index is 993. The average Bonchev–Trinajstić information content (AvgIpc) is 2.99. The zero-order valence-corrected chi connectivity index (χ0v) is 19.9. The summed E-state index contributed by atoms with van der Waals surface area (Å²) in [7, 11) is 1.67. The van der Waals surface area contributed by atoms with Crippen LogP contribution in [0.2, 0.25) is 0 Å². The van der Waals surface area contributed by atoms with Gasteiger partial charge in [0.1, 0.15) is 11.5 Å². The van der Waals surface area contributed by atoms with Crippen molar-refractivity contribution in [1.82, 2.24) is 5.32 Å². The molecular formula is C27H35NO4. The van der Waals surface area contributed by atoms with Gasteiger partial charge in [-0.15, -0.1) is 0 Å². The van der Waals surface area contributed by atoms with Gasteiger partial charge in [-0.1, -0.05) is 42.2 Å². The Labute approximate surface area is 191 Å². The van der Waals surface area contributed by atoms with Crippen molar-refractivity contribution in [2.45, 2.75) is 71.3 Å². The van der Waals surface area contributed by atoms with E-state index >= 15 is 0 Å². The van der Waals surface area contributed by atoms with Crippen molar-refractivity contribution in [2.24, 2.45) is 11.3 Å². The monoisotopic (exact) mass is 437 g/mol. The molecule has 4 atom stereocenters. The number of hydrogen-bond donors (Lipinski definition) is 1. The summed E-state index contributed by atoms with van der Waals surface area (Å²) >= 11 is 0. The number of methoxy groups -OCH3 is 1. The molecule has 0 bridgehead atoms. The molecule has 172 valence electrons. The van der Waals surface area contributed by atoms with Gasteiger partial charge in [0.05, 0.1) is 19.1 Å². The highest BCUT2D eigenvalue weighted by Crippen LogP contribution is 2.59. The largest absolute Gasteiger partial charge is 0.496 e. The number of ether oxygens (including phenoxy) is 2. The van der Waals surface area contributed by atoms with E-state index in [-0.39, 0.29) is 23.2 Å². The number of allylic oxidation sites excluding steroid dienone is 2. The van der Waals surface area contributed by atoms with Crippen molar-refractivity contribution in [1.29, 1.82) is 0 Å².